The summed E-state index contributed by atoms with van der Waals surface area (Å²) in [5, 5.41) is 0. The predicted molar refractivity (Wildman–Crippen MR) is 22.2 cm³/mol. The second-order valence-corrected chi connectivity index (χ2v) is 2.70. The van der Waals surface area contributed by atoms with Crippen LogP contribution >= 0.6 is 0 Å². The molecule has 0 radical (unpaired) electrons. The van der Waals surface area contributed by atoms with Gasteiger partial charge in [-0.2, -0.15) is 0 Å². The van der Waals surface area contributed by atoms with E-state index in [1.54, 1.807) is 0 Å². The summed E-state index contributed by atoms with van der Waals surface area (Å²) in [5.74, 6) is 0. The number of nitrogens with zero attached hydrogens (tertiary/aromatic N) is 1. The molecule has 38 valence electrons. The van der Waals surface area contributed by atoms with Gasteiger partial charge in [-0.25, -0.2) is 0 Å². The van der Waals surface area contributed by atoms with Crippen molar-refractivity contribution in [1.82, 2.24) is 0 Å². The van der Waals surface area contributed by atoms with Gasteiger partial charge in [0.15, 0.2) is 0 Å². The summed E-state index contributed by atoms with van der Waals surface area (Å²) in [7, 11) is 0. The Hall–Kier alpha value is 0.787. The Bertz CT molecular complexity index is 106. The molecule has 7 heavy (non-hydrogen) atoms. The van der Waals surface area contributed by atoms with E-state index in [9.17, 15) is 0 Å². The molecule has 1 nitrogen and oxygen atoms in total. The summed E-state index contributed by atoms with van der Waals surface area (Å²) in [6, 6.07) is 0. The maximum absolute atomic E-state index is 3.91. The van der Waals surface area contributed by atoms with Crippen LogP contribution in [0.25, 0.3) is 0 Å². The van der Waals surface area contributed by atoms with Crippen LogP contribution in [0.3, 0.4) is 0 Å². The third-order valence-electron chi connectivity index (χ3n) is 0.442. The molecular formula is C4H5NW2. The Labute approximate surface area is 65.4 Å². The second-order valence-electron chi connectivity index (χ2n) is 1.10. The molecule has 3 heteroatoms. The van der Waals surface area contributed by atoms with Crippen molar-refractivity contribution in [3.8, 4) is 0 Å². The van der Waals surface area contributed by atoms with E-state index in [4.69, 9.17) is 0 Å². The molecule has 0 aromatic heterocycles. The van der Waals surface area contributed by atoms with Crippen molar-refractivity contribution in [2.45, 2.75) is 6.92 Å². The Morgan fingerprint density at radius 3 is 2.43 bits per heavy atom. The Morgan fingerprint density at radius 1 is 1.71 bits per heavy atom. The third kappa shape index (κ3) is 4.64. The van der Waals surface area contributed by atoms with Crippen molar-refractivity contribution in [2.75, 3.05) is 0 Å². The van der Waals surface area contributed by atoms with E-state index in [0.29, 0.717) is 0 Å². The average molecular weight is 435 g/mol. The van der Waals surface area contributed by atoms with Gasteiger partial charge in [0.05, 0.1) is 0 Å². The SMILES string of the molecule is CC([CH]=[W])=C[N]=[W]. The van der Waals surface area contributed by atoms with E-state index in [-0.39, 0.29) is 0 Å². The first kappa shape index (κ1) is 7.79. The fourth-order valence-electron chi connectivity index (χ4n) is 0.114. The first-order chi connectivity index (χ1) is 3.31. The van der Waals surface area contributed by atoms with Crippen LogP contribution in [-0.4, -0.2) is 4.40 Å². The van der Waals surface area contributed by atoms with Crippen LogP contribution in [0, 0.1) is 0 Å². The molecule has 0 bridgehead atoms. The summed E-state index contributed by atoms with van der Waals surface area (Å²) in [6.45, 7) is 2.06. The molecule has 0 rings (SSSR count). The van der Waals surface area contributed by atoms with Crippen molar-refractivity contribution < 1.29 is 39.0 Å². The van der Waals surface area contributed by atoms with Crippen LogP contribution in [0.15, 0.2) is 15.3 Å². The van der Waals surface area contributed by atoms with Crippen molar-refractivity contribution in [3.63, 3.8) is 0 Å². The summed E-state index contributed by atoms with van der Waals surface area (Å²) in [6.07, 6.45) is 1.89. The third-order valence-corrected chi connectivity index (χ3v) is 2.16. The quantitative estimate of drug-likeness (QED) is 0.614. The normalized spacial score (nSPS) is 10.7. The van der Waals surface area contributed by atoms with E-state index < -0.39 is 0 Å². The van der Waals surface area contributed by atoms with E-state index in [2.05, 4.69) is 14.8 Å². The van der Waals surface area contributed by atoms with E-state index in [0.717, 1.165) is 0 Å². The fraction of sp³-hybridized carbons (Fsp3) is 0.250. The van der Waals surface area contributed by atoms with Gasteiger partial charge in [-0.05, 0) is 0 Å². The Morgan fingerprint density at radius 2 is 2.29 bits per heavy atom. The van der Waals surface area contributed by atoms with Crippen molar-refractivity contribution in [1.29, 1.82) is 0 Å². The van der Waals surface area contributed by atoms with Gasteiger partial charge in [0.1, 0.15) is 0 Å². The molecule has 0 fully saturated rings. The number of rotatable bonds is 2. The van der Waals surface area contributed by atoms with Gasteiger partial charge < -0.3 is 0 Å². The molecule has 0 aliphatic heterocycles. The number of allylic oxidation sites excluding steroid dienone is 1. The topological polar surface area (TPSA) is 12.4 Å². The summed E-state index contributed by atoms with van der Waals surface area (Å²) in [5.41, 5.74) is 1.27. The van der Waals surface area contributed by atoms with E-state index in [1.807, 2.05) is 6.20 Å². The van der Waals surface area contributed by atoms with Gasteiger partial charge in [-0.1, -0.05) is 0 Å². The van der Waals surface area contributed by atoms with E-state index in [1.165, 1.54) is 44.6 Å². The minimum absolute atomic E-state index is 1.27. The molecule has 0 aliphatic rings. The van der Waals surface area contributed by atoms with E-state index >= 15 is 0 Å². The maximum atomic E-state index is 3.91. The molecule has 0 saturated carbocycles. The standard InChI is InChI=1S/C4H5N.2W/c1-4(2)3-5;;/h1,3H,2H3;;. The van der Waals surface area contributed by atoms with Gasteiger partial charge in [0.2, 0.25) is 0 Å². The van der Waals surface area contributed by atoms with Crippen LogP contribution in [0.2, 0.25) is 0 Å². The average Bonchev–Trinajstić information content (AvgIpc) is 1.68. The van der Waals surface area contributed by atoms with Gasteiger partial charge >= 0.3 is 65.6 Å². The van der Waals surface area contributed by atoms with Crippen molar-refractivity contribution >= 4 is 4.40 Å². The summed E-state index contributed by atoms with van der Waals surface area (Å²) >= 11 is 2.76. The van der Waals surface area contributed by atoms with Gasteiger partial charge in [0.25, 0.3) is 0 Å². The molecule has 0 saturated heterocycles. The first-order valence-electron chi connectivity index (χ1n) is 1.75. The molecule has 0 aromatic carbocycles. The number of hydrogen-bond acceptors (Lipinski definition) is 1. The summed E-state index contributed by atoms with van der Waals surface area (Å²) < 4.78 is 6.03. The molecular weight excluding hydrogens is 430 g/mol. The zero-order valence-electron chi connectivity index (χ0n) is 3.92. The molecule has 0 aliphatic carbocycles. The second kappa shape index (κ2) is 4.93. The van der Waals surface area contributed by atoms with Crippen LogP contribution in [0.5, 0.6) is 0 Å². The number of hydrogen-bond donors (Lipinski definition) is 0. The Kier molecular flexibility index (Phi) is 5.49. The van der Waals surface area contributed by atoms with Crippen molar-refractivity contribution in [3.05, 3.63) is 11.8 Å². The molecule has 0 unspecified atom stereocenters. The first-order valence-corrected chi connectivity index (χ1v) is 4.76. The van der Waals surface area contributed by atoms with Gasteiger partial charge in [0, 0.05) is 0 Å². The van der Waals surface area contributed by atoms with Crippen LogP contribution in [0.1, 0.15) is 6.92 Å². The molecule has 0 amide bonds. The van der Waals surface area contributed by atoms with Gasteiger partial charge in [-0.15, -0.1) is 0 Å². The minimum atomic E-state index is 1.27. The van der Waals surface area contributed by atoms with Crippen molar-refractivity contribution in [2.24, 2.45) is 3.50 Å². The molecule has 0 atom stereocenters. The van der Waals surface area contributed by atoms with Crippen LogP contribution in [-0.2, 0) is 39.0 Å². The van der Waals surface area contributed by atoms with Crippen LogP contribution in [0.4, 0.5) is 0 Å². The zero-order chi connectivity index (χ0) is 5.70. The van der Waals surface area contributed by atoms with Crippen LogP contribution < -0.4 is 0 Å². The molecule has 0 heterocycles. The predicted octanol–water partition coefficient (Wildman–Crippen LogP) is 0.970. The molecule has 0 aromatic rings. The summed E-state index contributed by atoms with van der Waals surface area (Å²) in [4.78, 5) is 0. The molecule has 0 N–H and O–H groups in total. The molecule has 0 spiro atoms. The fourth-order valence-corrected chi connectivity index (χ4v) is 0.930. The van der Waals surface area contributed by atoms with Gasteiger partial charge in [-0.3, -0.25) is 0 Å². The zero-order valence-corrected chi connectivity index (χ0v) is 9.79. The Balaban J connectivity index is 3.72. The monoisotopic (exact) mass is 435 g/mol.